The zero-order valence-electron chi connectivity index (χ0n) is 7.50. The van der Waals surface area contributed by atoms with E-state index in [1.165, 1.54) is 13.2 Å². The minimum absolute atomic E-state index is 0.0428. The molecule has 0 aromatic carbocycles. The second-order valence-electron chi connectivity index (χ2n) is 2.13. The maximum absolute atomic E-state index is 11.0. The fourth-order valence-electron chi connectivity index (χ4n) is 0.734. The number of carbonyl (C=O) groups is 1. The average molecular weight is 187 g/mol. The zero-order valence-corrected chi connectivity index (χ0v) is 7.26. The van der Waals surface area contributed by atoms with E-state index in [0.29, 0.717) is 5.69 Å². The number of methoxy groups -OCH3 is 1. The van der Waals surface area contributed by atoms with Crippen molar-refractivity contribution < 1.29 is 10.9 Å². The van der Waals surface area contributed by atoms with Gasteiger partial charge in [-0.2, -0.15) is 0 Å². The number of rotatable bonds is 1. The number of hydrogen-bond acceptors (Lipinski definition) is 3. The van der Waals surface area contributed by atoms with E-state index in [4.69, 9.17) is 13.0 Å². The fourth-order valence-corrected chi connectivity index (χ4v) is 0.983. The van der Waals surface area contributed by atoms with Crippen molar-refractivity contribution >= 4 is 17.6 Å². The Kier molecular flexibility index (Phi) is 2.23. The summed E-state index contributed by atoms with van der Waals surface area (Å²) in [6, 6.07) is 3.08. The van der Waals surface area contributed by atoms with Crippen molar-refractivity contribution in [1.82, 2.24) is 4.98 Å². The van der Waals surface area contributed by atoms with Gasteiger partial charge in [-0.3, -0.25) is 0 Å². The summed E-state index contributed by atoms with van der Waals surface area (Å²) in [4.78, 5) is 14.9. The van der Waals surface area contributed by atoms with Crippen LogP contribution in [-0.4, -0.2) is 18.1 Å². The third-order valence-corrected chi connectivity index (χ3v) is 1.60. The van der Waals surface area contributed by atoms with Gasteiger partial charge in [0.15, 0.2) is 0 Å². The van der Waals surface area contributed by atoms with E-state index < -0.39 is 5.97 Å². The molecule has 0 radical (unpaired) electrons. The molecule has 3 nitrogen and oxygen atoms in total. The van der Waals surface area contributed by atoms with Gasteiger partial charge in [0, 0.05) is 7.06 Å². The van der Waals surface area contributed by atoms with Crippen molar-refractivity contribution in [3.8, 4) is 0 Å². The van der Waals surface area contributed by atoms with Crippen molar-refractivity contribution in [2.45, 2.75) is 6.90 Å². The van der Waals surface area contributed by atoms with E-state index in [0.717, 1.165) is 0 Å². The molecule has 0 fully saturated rings. The molecule has 4 heteroatoms. The number of esters is 1. The third kappa shape index (κ3) is 1.74. The van der Waals surface area contributed by atoms with E-state index in [1.807, 2.05) is 0 Å². The van der Waals surface area contributed by atoms with Crippen LogP contribution in [0.5, 0.6) is 0 Å². The predicted octanol–water partition coefficient (Wildman–Crippen LogP) is 1.83. The van der Waals surface area contributed by atoms with Crippen LogP contribution in [0.1, 0.15) is 17.4 Å². The molecule has 0 aliphatic carbocycles. The number of pyridine rings is 1. The van der Waals surface area contributed by atoms with Gasteiger partial charge in [-0.25, -0.2) is 9.78 Å². The standard InChI is InChI=1S/C8H8ClNO2/c1-5-3-4-6(7(9)10-5)8(11)12-2/h3-4H,1-2H3/i1D. The largest absolute Gasteiger partial charge is 0.465 e. The van der Waals surface area contributed by atoms with Gasteiger partial charge in [0.25, 0.3) is 0 Å². The number of aryl methyl sites for hydroxylation is 1. The summed E-state index contributed by atoms with van der Waals surface area (Å²) >= 11 is 5.69. The second-order valence-corrected chi connectivity index (χ2v) is 2.49. The highest BCUT2D eigenvalue weighted by atomic mass is 35.5. The summed E-state index contributed by atoms with van der Waals surface area (Å²) in [5.74, 6) is -0.519. The molecule has 64 valence electrons. The second kappa shape index (κ2) is 3.54. The average Bonchev–Trinajstić information content (AvgIpc) is 2.16. The summed E-state index contributed by atoms with van der Waals surface area (Å²) in [5.41, 5.74) is 0.749. The van der Waals surface area contributed by atoms with Gasteiger partial charge in [-0.1, -0.05) is 11.6 Å². The molecule has 0 amide bonds. The SMILES string of the molecule is [2H]Cc1ccc(C(=O)OC)c(Cl)n1. The highest BCUT2D eigenvalue weighted by Crippen LogP contribution is 2.13. The molecule has 0 bridgehead atoms. The Bertz CT molecular complexity index is 330. The highest BCUT2D eigenvalue weighted by molar-refractivity contribution is 6.32. The third-order valence-electron chi connectivity index (χ3n) is 1.31. The molecule has 0 saturated heterocycles. The number of aromatic nitrogens is 1. The fraction of sp³-hybridized carbons (Fsp3) is 0.250. The van der Waals surface area contributed by atoms with E-state index in [-0.39, 0.29) is 17.6 Å². The molecular formula is C8H8ClNO2. The molecule has 0 atom stereocenters. The van der Waals surface area contributed by atoms with Gasteiger partial charge in [0.1, 0.15) is 5.15 Å². The van der Waals surface area contributed by atoms with Crippen molar-refractivity contribution in [2.24, 2.45) is 0 Å². The molecule has 0 N–H and O–H groups in total. The summed E-state index contributed by atoms with van der Waals surface area (Å²) in [7, 11) is 1.27. The lowest BCUT2D eigenvalue weighted by atomic mass is 10.2. The Hall–Kier alpha value is -1.09. The van der Waals surface area contributed by atoms with Crippen LogP contribution in [0, 0.1) is 6.90 Å². The summed E-state index contributed by atoms with van der Waals surface area (Å²) in [5, 5.41) is 0.0802. The quantitative estimate of drug-likeness (QED) is 0.496. The van der Waals surface area contributed by atoms with Gasteiger partial charge in [-0.05, 0) is 19.0 Å². The first-order valence-corrected chi connectivity index (χ1v) is 3.59. The zero-order chi connectivity index (χ0) is 9.84. The number of halogens is 1. The van der Waals surface area contributed by atoms with Crippen LogP contribution in [0.15, 0.2) is 12.1 Å². The first kappa shape index (κ1) is 7.55. The van der Waals surface area contributed by atoms with Crippen LogP contribution < -0.4 is 0 Å². The smallest absolute Gasteiger partial charge is 0.341 e. The van der Waals surface area contributed by atoms with Gasteiger partial charge in [0.05, 0.1) is 12.7 Å². The van der Waals surface area contributed by atoms with Crippen molar-refractivity contribution in [1.29, 1.82) is 0 Å². The Morgan fingerprint density at radius 1 is 1.75 bits per heavy atom. The number of carbonyl (C=O) groups excluding carboxylic acids is 1. The Morgan fingerprint density at radius 3 is 3.00 bits per heavy atom. The van der Waals surface area contributed by atoms with E-state index in [1.54, 1.807) is 6.07 Å². The lowest BCUT2D eigenvalue weighted by Gasteiger charge is -2.00. The summed E-state index contributed by atoms with van der Waals surface area (Å²) < 4.78 is 11.5. The highest BCUT2D eigenvalue weighted by Gasteiger charge is 2.10. The summed E-state index contributed by atoms with van der Waals surface area (Å²) in [6.07, 6.45) is 0. The molecule has 1 heterocycles. The molecular weight excluding hydrogens is 178 g/mol. The molecule has 1 aromatic heterocycles. The first-order valence-electron chi connectivity index (χ1n) is 3.92. The first-order chi connectivity index (χ1) is 6.19. The van der Waals surface area contributed by atoms with Gasteiger partial charge in [0.2, 0.25) is 0 Å². The van der Waals surface area contributed by atoms with Crippen LogP contribution in [0.2, 0.25) is 5.15 Å². The Labute approximate surface area is 76.7 Å². The number of hydrogen-bond donors (Lipinski definition) is 0. The predicted molar refractivity (Wildman–Crippen MR) is 45.3 cm³/mol. The Balaban J connectivity index is 3.05. The molecule has 12 heavy (non-hydrogen) atoms. The van der Waals surface area contributed by atoms with E-state index in [9.17, 15) is 4.79 Å². The normalized spacial score (nSPS) is 10.7. The topological polar surface area (TPSA) is 39.2 Å². The lowest BCUT2D eigenvalue weighted by Crippen LogP contribution is -2.03. The monoisotopic (exact) mass is 186 g/mol. The molecule has 0 aliphatic heterocycles. The number of ether oxygens (including phenoxy) is 1. The molecule has 0 saturated carbocycles. The van der Waals surface area contributed by atoms with Crippen molar-refractivity contribution in [2.75, 3.05) is 7.11 Å². The van der Waals surface area contributed by atoms with Crippen LogP contribution in [0.4, 0.5) is 0 Å². The van der Waals surface area contributed by atoms with Crippen LogP contribution >= 0.6 is 11.6 Å². The summed E-state index contributed by atoms with van der Waals surface area (Å²) in [6.45, 7) is 0.0428. The minimum atomic E-state index is -0.519. The van der Waals surface area contributed by atoms with Gasteiger partial charge >= 0.3 is 5.97 Å². The number of nitrogens with zero attached hydrogens (tertiary/aromatic N) is 1. The lowest BCUT2D eigenvalue weighted by molar-refractivity contribution is 0.0600. The molecule has 0 spiro atoms. The molecule has 1 aromatic rings. The van der Waals surface area contributed by atoms with Crippen LogP contribution in [-0.2, 0) is 4.74 Å². The molecule has 0 aliphatic rings. The van der Waals surface area contributed by atoms with Crippen LogP contribution in [0.25, 0.3) is 0 Å². The maximum Gasteiger partial charge on any atom is 0.341 e. The Morgan fingerprint density at radius 2 is 2.50 bits per heavy atom. The van der Waals surface area contributed by atoms with E-state index in [2.05, 4.69) is 9.72 Å². The van der Waals surface area contributed by atoms with Crippen molar-refractivity contribution in [3.05, 3.63) is 28.5 Å². The van der Waals surface area contributed by atoms with Gasteiger partial charge < -0.3 is 4.74 Å². The molecule has 1 rings (SSSR count). The molecule has 0 unspecified atom stereocenters. The van der Waals surface area contributed by atoms with E-state index >= 15 is 0 Å². The maximum atomic E-state index is 11.0. The van der Waals surface area contributed by atoms with Crippen LogP contribution in [0.3, 0.4) is 0 Å². The van der Waals surface area contributed by atoms with Crippen molar-refractivity contribution in [3.63, 3.8) is 0 Å². The minimum Gasteiger partial charge on any atom is -0.465 e. The van der Waals surface area contributed by atoms with Gasteiger partial charge in [-0.15, -0.1) is 0 Å².